The van der Waals surface area contributed by atoms with Crippen LogP contribution in [0.3, 0.4) is 0 Å². The number of rotatable bonds is 7. The Labute approximate surface area is 280 Å². The number of halogens is 5. The van der Waals surface area contributed by atoms with Gasteiger partial charge in [-0.2, -0.15) is 9.97 Å². The smallest absolute Gasteiger partial charge is 0.319 e. The normalized spacial score (nSPS) is 25.8. The summed E-state index contributed by atoms with van der Waals surface area (Å²) in [6.45, 7) is 3.77. The maximum Gasteiger partial charge on any atom is 0.319 e. The topological polar surface area (TPSA) is 73.8 Å². The summed E-state index contributed by atoms with van der Waals surface area (Å²) >= 11 is 0. The number of hydrogen-bond donors (Lipinski definition) is 2. The van der Waals surface area contributed by atoms with Crippen molar-refractivity contribution in [2.75, 3.05) is 37.7 Å². The van der Waals surface area contributed by atoms with E-state index in [4.69, 9.17) is 11.2 Å². The molecule has 12 heteroatoms. The molecule has 1 aliphatic carbocycles. The summed E-state index contributed by atoms with van der Waals surface area (Å²) in [5, 5.41) is 14.5. The van der Waals surface area contributed by atoms with Crippen LogP contribution < -0.4 is 15.0 Å². The fraction of sp³-hybridized carbons (Fsp3) is 0.459. The Bertz CT molecular complexity index is 2000. The zero-order chi connectivity index (χ0) is 34.2. The van der Waals surface area contributed by atoms with Crippen molar-refractivity contribution in [3.05, 3.63) is 53.3 Å². The van der Waals surface area contributed by atoms with E-state index in [1.54, 1.807) is 6.92 Å². The molecule has 4 heterocycles. The number of phenols is 1. The molecule has 3 aromatic carbocycles. The monoisotopic (exact) mass is 677 g/mol. The molecular weight excluding hydrogens is 641 g/mol. The second-order valence-corrected chi connectivity index (χ2v) is 14.3. The number of nitrogens with one attached hydrogen (secondary N) is 1. The van der Waals surface area contributed by atoms with Gasteiger partial charge in [0.05, 0.1) is 17.7 Å². The van der Waals surface area contributed by atoms with Gasteiger partial charge in [-0.05, 0) is 68.3 Å². The second kappa shape index (κ2) is 12.0. The molecule has 4 fully saturated rings. The molecule has 8 rings (SSSR count). The van der Waals surface area contributed by atoms with E-state index in [-0.39, 0.29) is 63.7 Å². The summed E-state index contributed by atoms with van der Waals surface area (Å²) in [6, 6.07) is 6.64. The lowest BCUT2D eigenvalue weighted by atomic mass is 9.73. The van der Waals surface area contributed by atoms with Crippen molar-refractivity contribution in [2.45, 2.75) is 63.6 Å². The number of piperidine rings is 1. The number of aromatic hydroxyl groups is 1. The molecule has 4 aliphatic rings. The van der Waals surface area contributed by atoms with E-state index in [9.17, 15) is 18.3 Å². The molecule has 0 spiro atoms. The number of benzene rings is 3. The van der Waals surface area contributed by atoms with Crippen molar-refractivity contribution in [1.82, 2.24) is 20.2 Å². The van der Waals surface area contributed by atoms with Crippen LogP contribution >= 0.6 is 0 Å². The van der Waals surface area contributed by atoms with E-state index >= 15 is 8.78 Å². The highest BCUT2D eigenvalue weighted by molar-refractivity contribution is 6.04. The van der Waals surface area contributed by atoms with Gasteiger partial charge in [-0.15, -0.1) is 6.42 Å². The van der Waals surface area contributed by atoms with Crippen molar-refractivity contribution in [1.29, 1.82) is 0 Å². The number of likely N-dealkylation sites (tertiary alicyclic amines) is 1. The summed E-state index contributed by atoms with van der Waals surface area (Å²) in [6.07, 6.45) is 7.41. The first-order chi connectivity index (χ1) is 23.5. The highest BCUT2D eigenvalue weighted by atomic mass is 19.3. The minimum Gasteiger partial charge on any atom is -0.508 e. The summed E-state index contributed by atoms with van der Waals surface area (Å²) in [5.41, 5.74) is -2.08. The summed E-state index contributed by atoms with van der Waals surface area (Å²) in [4.78, 5) is 13.3. The van der Waals surface area contributed by atoms with Crippen molar-refractivity contribution < 1.29 is 31.8 Å². The Hall–Kier alpha value is -4.21. The van der Waals surface area contributed by atoms with Crippen LogP contribution in [0.4, 0.5) is 27.8 Å². The van der Waals surface area contributed by atoms with Crippen LogP contribution in [-0.2, 0) is 0 Å². The number of phenolic OH excluding ortho intramolecular Hbond substituents is 1. The molecule has 0 amide bonds. The first-order valence-corrected chi connectivity index (χ1v) is 16.8. The van der Waals surface area contributed by atoms with Gasteiger partial charge in [0, 0.05) is 65.4 Å². The predicted octanol–water partition coefficient (Wildman–Crippen LogP) is 6.63. The van der Waals surface area contributed by atoms with Crippen LogP contribution in [0.25, 0.3) is 32.8 Å². The third-order valence-electron chi connectivity index (χ3n) is 10.9. The van der Waals surface area contributed by atoms with E-state index in [0.29, 0.717) is 44.0 Å². The zero-order valence-corrected chi connectivity index (χ0v) is 27.0. The average molecular weight is 678 g/mol. The van der Waals surface area contributed by atoms with Crippen LogP contribution in [0.1, 0.15) is 44.6 Å². The number of ether oxygens (including phenoxy) is 1. The largest absolute Gasteiger partial charge is 0.508 e. The van der Waals surface area contributed by atoms with Gasteiger partial charge in [-0.25, -0.2) is 22.0 Å². The summed E-state index contributed by atoms with van der Waals surface area (Å²) in [5.74, 6) is -1.46. The van der Waals surface area contributed by atoms with Crippen molar-refractivity contribution in [2.24, 2.45) is 11.3 Å². The van der Waals surface area contributed by atoms with E-state index in [1.807, 2.05) is 4.90 Å². The molecule has 4 aromatic rings. The highest BCUT2D eigenvalue weighted by Gasteiger charge is 2.48. The van der Waals surface area contributed by atoms with Crippen LogP contribution in [0.2, 0.25) is 0 Å². The SMILES string of the molecule is C#Cc1c(F)ccc2cc(O)cc(-c3c(F)cc4c(N5C[C@H]6CC[C@@H](C5)N6)nc(OC[C@]5(C)CN(C6CC6)CC[C@@H]5C(F)F)nc4c3F)c12. The minimum absolute atomic E-state index is 0.0605. The van der Waals surface area contributed by atoms with E-state index < -0.39 is 40.8 Å². The predicted molar refractivity (Wildman–Crippen MR) is 176 cm³/mol. The first-order valence-electron chi connectivity index (χ1n) is 16.8. The maximum absolute atomic E-state index is 16.9. The van der Waals surface area contributed by atoms with Gasteiger partial charge in [0.25, 0.3) is 0 Å². The molecular formula is C37H36F5N5O2. The Morgan fingerprint density at radius 1 is 1.04 bits per heavy atom. The van der Waals surface area contributed by atoms with Crippen LogP contribution in [0.5, 0.6) is 11.8 Å². The number of hydrogen-bond acceptors (Lipinski definition) is 7. The molecule has 0 unspecified atom stereocenters. The standard InChI is InChI=1S/C37H36F5N5O2/c1-3-24-28(38)9-4-19-12-23(48)13-25(30(19)24)31-29(39)14-26-33(32(31)40)44-36(45-35(26)47-15-20-5-6-21(16-47)43-20)49-18-37(2)17-46(22-7-8-22)11-10-27(37)34(41)42/h1,4,9,12-14,20-22,27,34,43,48H,5-8,10-11,15-18H2,2H3/t20-,21+,27-,37+/m1/s1. The quantitative estimate of drug-likeness (QED) is 0.168. The molecule has 2 N–H and O–H groups in total. The van der Waals surface area contributed by atoms with Crippen LogP contribution in [-0.4, -0.2) is 77.3 Å². The minimum atomic E-state index is -2.54. The van der Waals surface area contributed by atoms with Gasteiger partial charge in [0.1, 0.15) is 28.7 Å². The number of anilines is 1. The number of nitrogens with zero attached hydrogens (tertiary/aromatic N) is 4. The molecule has 2 bridgehead atoms. The Morgan fingerprint density at radius 3 is 2.49 bits per heavy atom. The number of aromatic nitrogens is 2. The first kappa shape index (κ1) is 32.0. The van der Waals surface area contributed by atoms with Gasteiger partial charge in [0.15, 0.2) is 5.82 Å². The Morgan fingerprint density at radius 2 is 1.80 bits per heavy atom. The molecule has 49 heavy (non-hydrogen) atoms. The third kappa shape index (κ3) is 5.61. The highest BCUT2D eigenvalue weighted by Crippen LogP contribution is 2.45. The summed E-state index contributed by atoms with van der Waals surface area (Å²) < 4.78 is 82.9. The summed E-state index contributed by atoms with van der Waals surface area (Å²) in [7, 11) is 0. The van der Waals surface area contributed by atoms with Crippen LogP contribution in [0, 0.1) is 41.1 Å². The number of alkyl halides is 2. The second-order valence-electron chi connectivity index (χ2n) is 14.3. The van der Waals surface area contributed by atoms with E-state index in [1.165, 1.54) is 12.1 Å². The van der Waals surface area contributed by atoms with E-state index in [2.05, 4.69) is 26.1 Å². The lowest BCUT2D eigenvalue weighted by Crippen LogP contribution is -2.53. The van der Waals surface area contributed by atoms with Gasteiger partial charge in [-0.3, -0.25) is 4.90 Å². The van der Waals surface area contributed by atoms with Gasteiger partial charge >= 0.3 is 6.01 Å². The molecule has 3 saturated heterocycles. The average Bonchev–Trinajstić information content (AvgIpc) is 3.87. The van der Waals surface area contributed by atoms with E-state index in [0.717, 1.165) is 43.9 Å². The van der Waals surface area contributed by atoms with Gasteiger partial charge in [0.2, 0.25) is 6.43 Å². The van der Waals surface area contributed by atoms with Crippen molar-refractivity contribution in [3.8, 4) is 35.2 Å². The molecule has 1 aromatic heterocycles. The lowest BCUT2D eigenvalue weighted by Gasteiger charge is -2.45. The number of piperazine rings is 1. The Balaban J connectivity index is 1.27. The molecule has 4 atom stereocenters. The van der Waals surface area contributed by atoms with Crippen molar-refractivity contribution in [3.63, 3.8) is 0 Å². The molecule has 256 valence electrons. The molecule has 1 saturated carbocycles. The fourth-order valence-corrected chi connectivity index (χ4v) is 8.32. The Kier molecular flexibility index (Phi) is 7.83. The molecule has 7 nitrogen and oxygen atoms in total. The van der Waals surface area contributed by atoms with Gasteiger partial charge in [-0.1, -0.05) is 18.9 Å². The third-order valence-corrected chi connectivity index (χ3v) is 10.9. The van der Waals surface area contributed by atoms with Crippen molar-refractivity contribution >= 4 is 27.5 Å². The lowest BCUT2D eigenvalue weighted by molar-refractivity contribution is -0.0749. The number of fused-ring (bicyclic) bond motifs is 4. The fourth-order valence-electron chi connectivity index (χ4n) is 8.32. The number of terminal acetylenes is 1. The molecule has 0 radical (unpaired) electrons. The van der Waals surface area contributed by atoms with Crippen LogP contribution in [0.15, 0.2) is 30.3 Å². The zero-order valence-electron chi connectivity index (χ0n) is 27.0. The maximum atomic E-state index is 16.9. The molecule has 3 aliphatic heterocycles. The van der Waals surface area contributed by atoms with Gasteiger partial charge < -0.3 is 20.1 Å².